The Labute approximate surface area is 145 Å². The Bertz CT molecular complexity index is 678. The fraction of sp³-hybridized carbons (Fsp3) is 0.333. The summed E-state index contributed by atoms with van der Waals surface area (Å²) in [6.45, 7) is 1.61. The second-order valence-corrected chi connectivity index (χ2v) is 6.25. The molecule has 1 heterocycles. The molecule has 0 saturated heterocycles. The Balaban J connectivity index is 1.71. The smallest absolute Gasteiger partial charge is 0.220 e. The molecule has 1 aromatic carbocycles. The van der Waals surface area contributed by atoms with Crippen LogP contribution >= 0.6 is 11.6 Å². The van der Waals surface area contributed by atoms with E-state index in [1.807, 2.05) is 0 Å². The van der Waals surface area contributed by atoms with Gasteiger partial charge in [-0.15, -0.1) is 0 Å². The number of carbonyl (C=O) groups is 2. The van der Waals surface area contributed by atoms with Crippen LogP contribution in [0.15, 0.2) is 47.1 Å². The maximum Gasteiger partial charge on any atom is 0.220 e. The summed E-state index contributed by atoms with van der Waals surface area (Å²) < 4.78 is 5.15. The van der Waals surface area contributed by atoms with Gasteiger partial charge in [0.2, 0.25) is 5.91 Å². The minimum Gasteiger partial charge on any atom is -0.466 e. The fourth-order valence-corrected chi connectivity index (χ4v) is 2.35. The van der Waals surface area contributed by atoms with Gasteiger partial charge in [0, 0.05) is 23.4 Å². The quantitative estimate of drug-likeness (QED) is 0.716. The molecule has 6 heteroatoms. The maximum absolute atomic E-state index is 12.0. The van der Waals surface area contributed by atoms with Gasteiger partial charge in [-0.05, 0) is 49.7 Å². The monoisotopic (exact) mass is 349 g/mol. The van der Waals surface area contributed by atoms with E-state index in [0.29, 0.717) is 22.8 Å². The Morgan fingerprint density at radius 2 is 1.92 bits per heavy atom. The molecule has 1 unspecified atom stereocenters. The van der Waals surface area contributed by atoms with Crippen LogP contribution in [0.2, 0.25) is 5.02 Å². The number of benzene rings is 1. The van der Waals surface area contributed by atoms with Crippen molar-refractivity contribution >= 4 is 23.3 Å². The van der Waals surface area contributed by atoms with E-state index in [1.54, 1.807) is 43.3 Å². The van der Waals surface area contributed by atoms with Gasteiger partial charge in [0.1, 0.15) is 11.4 Å². The first-order chi connectivity index (χ1) is 11.4. The lowest BCUT2D eigenvalue weighted by Gasteiger charge is -2.21. The third-order valence-corrected chi connectivity index (χ3v) is 3.91. The fourth-order valence-electron chi connectivity index (χ4n) is 2.22. The minimum atomic E-state index is -1.27. The normalized spacial score (nSPS) is 13.3. The average Bonchev–Trinajstić information content (AvgIpc) is 3.09. The third-order valence-electron chi connectivity index (χ3n) is 3.66. The Morgan fingerprint density at radius 1 is 1.21 bits per heavy atom. The van der Waals surface area contributed by atoms with Crippen LogP contribution in [0.4, 0.5) is 0 Å². The van der Waals surface area contributed by atoms with Crippen molar-refractivity contribution in [1.29, 1.82) is 0 Å². The van der Waals surface area contributed by atoms with E-state index in [2.05, 4.69) is 5.32 Å². The number of halogens is 1. The highest BCUT2D eigenvalue weighted by molar-refractivity contribution is 6.30. The highest BCUT2D eigenvalue weighted by Gasteiger charge is 2.26. The number of nitrogens with one attached hydrogen (secondary N) is 1. The summed E-state index contributed by atoms with van der Waals surface area (Å²) in [6.07, 6.45) is 2.40. The molecule has 0 aliphatic carbocycles. The van der Waals surface area contributed by atoms with Crippen LogP contribution in [0.1, 0.15) is 42.3 Å². The molecule has 2 N–H and O–H groups in total. The molecule has 5 nitrogen and oxygen atoms in total. The molecule has 0 aliphatic rings. The van der Waals surface area contributed by atoms with Gasteiger partial charge in [-0.2, -0.15) is 0 Å². The second-order valence-electron chi connectivity index (χ2n) is 5.81. The summed E-state index contributed by atoms with van der Waals surface area (Å²) >= 11 is 5.78. The van der Waals surface area contributed by atoms with E-state index in [0.717, 1.165) is 0 Å². The molecule has 0 saturated carbocycles. The molecule has 24 heavy (non-hydrogen) atoms. The van der Waals surface area contributed by atoms with Gasteiger partial charge in [-0.3, -0.25) is 9.59 Å². The lowest BCUT2D eigenvalue weighted by molar-refractivity contribution is -0.122. The van der Waals surface area contributed by atoms with Crippen molar-refractivity contribution in [3.05, 3.63) is 59.0 Å². The topological polar surface area (TPSA) is 79.5 Å². The summed E-state index contributed by atoms with van der Waals surface area (Å²) in [7, 11) is 0. The highest BCUT2D eigenvalue weighted by atomic mass is 35.5. The largest absolute Gasteiger partial charge is 0.466 e. The van der Waals surface area contributed by atoms with Gasteiger partial charge in [-0.25, -0.2) is 0 Å². The molecule has 1 amide bonds. The van der Waals surface area contributed by atoms with Crippen molar-refractivity contribution < 1.29 is 19.1 Å². The highest BCUT2D eigenvalue weighted by Crippen LogP contribution is 2.19. The van der Waals surface area contributed by atoms with Crippen LogP contribution in [0.5, 0.6) is 0 Å². The van der Waals surface area contributed by atoms with Crippen molar-refractivity contribution in [3.8, 4) is 0 Å². The molecule has 0 spiro atoms. The van der Waals surface area contributed by atoms with Gasteiger partial charge in [-0.1, -0.05) is 11.6 Å². The summed E-state index contributed by atoms with van der Waals surface area (Å²) in [4.78, 5) is 23.8. The van der Waals surface area contributed by atoms with Gasteiger partial charge in [0.05, 0.1) is 12.8 Å². The minimum absolute atomic E-state index is 0.0259. The number of rotatable bonds is 8. The van der Waals surface area contributed by atoms with Crippen molar-refractivity contribution in [3.63, 3.8) is 0 Å². The van der Waals surface area contributed by atoms with E-state index in [1.165, 1.54) is 6.26 Å². The average molecular weight is 350 g/mol. The molecule has 2 aromatic rings. The predicted octanol–water partition coefficient (Wildman–Crippen LogP) is 3.31. The Kier molecular flexibility index (Phi) is 6.17. The third kappa shape index (κ3) is 5.22. The molecule has 0 bridgehead atoms. The summed E-state index contributed by atoms with van der Waals surface area (Å²) in [5, 5.41) is 13.5. The van der Waals surface area contributed by atoms with E-state index in [-0.39, 0.29) is 31.1 Å². The molecule has 0 aliphatic heterocycles. The SMILES string of the molecule is CC(O)(CNC(=O)CCCC(=O)c1ccc(Cl)cc1)c1ccco1. The molecule has 1 atom stereocenters. The predicted molar refractivity (Wildman–Crippen MR) is 90.9 cm³/mol. The van der Waals surface area contributed by atoms with Crippen LogP contribution in [-0.2, 0) is 10.4 Å². The van der Waals surface area contributed by atoms with Gasteiger partial charge in [0.25, 0.3) is 0 Å². The zero-order valence-corrected chi connectivity index (χ0v) is 14.2. The molecular formula is C18H20ClNO4. The number of hydrogen-bond donors (Lipinski definition) is 2. The van der Waals surface area contributed by atoms with Gasteiger partial charge < -0.3 is 14.8 Å². The number of ketones is 1. The molecule has 1 aromatic heterocycles. The molecule has 2 rings (SSSR count). The number of furan rings is 1. The lowest BCUT2D eigenvalue weighted by atomic mass is 10.0. The first-order valence-corrected chi connectivity index (χ1v) is 8.08. The first-order valence-electron chi connectivity index (χ1n) is 7.70. The molecule has 0 fully saturated rings. The zero-order valence-electron chi connectivity index (χ0n) is 13.4. The lowest BCUT2D eigenvalue weighted by Crippen LogP contribution is -2.38. The van der Waals surface area contributed by atoms with Crippen molar-refractivity contribution in [2.24, 2.45) is 0 Å². The maximum atomic E-state index is 12.0. The number of Topliss-reactive ketones (excluding diaryl/α,β-unsaturated/α-hetero) is 1. The first kappa shape index (κ1) is 18.2. The Morgan fingerprint density at radius 3 is 2.54 bits per heavy atom. The Hall–Kier alpha value is -2.11. The standard InChI is InChI=1S/C18H20ClNO4/c1-18(23,16-5-3-11-24-16)12-20-17(22)6-2-4-15(21)13-7-9-14(19)10-8-13/h3,5,7-11,23H,2,4,6,12H2,1H3,(H,20,22). The summed E-state index contributed by atoms with van der Waals surface area (Å²) in [6, 6.07) is 10.00. The second kappa shape index (κ2) is 8.13. The van der Waals surface area contributed by atoms with Crippen LogP contribution < -0.4 is 5.32 Å². The van der Waals surface area contributed by atoms with Crippen molar-refractivity contribution in [2.75, 3.05) is 6.54 Å². The number of carbonyl (C=O) groups excluding carboxylic acids is 2. The van der Waals surface area contributed by atoms with E-state index >= 15 is 0 Å². The van der Waals surface area contributed by atoms with Crippen LogP contribution in [0, 0.1) is 0 Å². The summed E-state index contributed by atoms with van der Waals surface area (Å²) in [5.74, 6) is 0.147. The number of hydrogen-bond acceptors (Lipinski definition) is 4. The van der Waals surface area contributed by atoms with Crippen LogP contribution in [0.3, 0.4) is 0 Å². The van der Waals surface area contributed by atoms with Gasteiger partial charge in [0.15, 0.2) is 5.78 Å². The zero-order chi connectivity index (χ0) is 17.6. The van der Waals surface area contributed by atoms with Crippen LogP contribution in [0.25, 0.3) is 0 Å². The van der Waals surface area contributed by atoms with E-state index in [9.17, 15) is 14.7 Å². The molecular weight excluding hydrogens is 330 g/mol. The van der Waals surface area contributed by atoms with E-state index in [4.69, 9.17) is 16.0 Å². The van der Waals surface area contributed by atoms with Gasteiger partial charge >= 0.3 is 0 Å². The van der Waals surface area contributed by atoms with E-state index < -0.39 is 5.60 Å². The molecule has 0 radical (unpaired) electrons. The van der Waals surface area contributed by atoms with Crippen molar-refractivity contribution in [1.82, 2.24) is 5.32 Å². The summed E-state index contributed by atoms with van der Waals surface area (Å²) in [5.41, 5.74) is -0.682. The molecule has 128 valence electrons. The van der Waals surface area contributed by atoms with Crippen molar-refractivity contribution in [2.45, 2.75) is 31.8 Å². The number of aliphatic hydroxyl groups is 1. The van der Waals surface area contributed by atoms with Crippen LogP contribution in [-0.4, -0.2) is 23.3 Å². The number of amides is 1.